The molecule has 1 saturated carbocycles. The molecule has 0 amide bonds. The van der Waals surface area contributed by atoms with Crippen LogP contribution in [-0.2, 0) is 0 Å². The SMILES string of the molecule is CC(C1CC1)N(C)c1cc(Cl)nc(N)n1. The van der Waals surface area contributed by atoms with Gasteiger partial charge in [0.05, 0.1) is 0 Å². The van der Waals surface area contributed by atoms with Gasteiger partial charge in [-0.25, -0.2) is 4.98 Å². The standard InChI is InChI=1S/C10H15ClN4/c1-6(7-3-4-7)15(2)9-5-8(11)13-10(12)14-9/h5-7H,3-4H2,1-2H3,(H2,12,13,14). The van der Waals surface area contributed by atoms with Crippen LogP contribution in [0.2, 0.25) is 5.15 Å². The number of anilines is 2. The van der Waals surface area contributed by atoms with Gasteiger partial charge in [-0.05, 0) is 25.7 Å². The van der Waals surface area contributed by atoms with Crippen LogP contribution in [0.15, 0.2) is 6.07 Å². The zero-order valence-corrected chi connectivity index (χ0v) is 9.70. The van der Waals surface area contributed by atoms with Gasteiger partial charge in [0.2, 0.25) is 5.95 Å². The first-order chi connectivity index (χ1) is 7.08. The van der Waals surface area contributed by atoms with Crippen LogP contribution in [0.1, 0.15) is 19.8 Å². The van der Waals surface area contributed by atoms with E-state index in [-0.39, 0.29) is 5.95 Å². The Hall–Kier alpha value is -1.03. The molecule has 4 nitrogen and oxygen atoms in total. The van der Waals surface area contributed by atoms with Gasteiger partial charge in [0, 0.05) is 19.2 Å². The Morgan fingerprint density at radius 2 is 2.20 bits per heavy atom. The van der Waals surface area contributed by atoms with Crippen molar-refractivity contribution in [2.24, 2.45) is 5.92 Å². The van der Waals surface area contributed by atoms with Crippen molar-refractivity contribution in [1.29, 1.82) is 0 Å². The molecule has 1 aliphatic rings. The maximum Gasteiger partial charge on any atom is 0.223 e. The second-order valence-corrected chi connectivity index (χ2v) is 4.48. The molecule has 0 aromatic carbocycles. The molecular weight excluding hydrogens is 212 g/mol. The van der Waals surface area contributed by atoms with Gasteiger partial charge >= 0.3 is 0 Å². The number of nitrogens with zero attached hydrogens (tertiary/aromatic N) is 3. The van der Waals surface area contributed by atoms with E-state index in [2.05, 4.69) is 21.8 Å². The van der Waals surface area contributed by atoms with E-state index >= 15 is 0 Å². The average molecular weight is 227 g/mol. The van der Waals surface area contributed by atoms with Crippen molar-refractivity contribution in [3.8, 4) is 0 Å². The van der Waals surface area contributed by atoms with Crippen molar-refractivity contribution in [2.75, 3.05) is 17.7 Å². The Labute approximate surface area is 94.5 Å². The minimum Gasteiger partial charge on any atom is -0.368 e. The summed E-state index contributed by atoms with van der Waals surface area (Å²) >= 11 is 5.84. The van der Waals surface area contributed by atoms with Crippen LogP contribution in [-0.4, -0.2) is 23.1 Å². The van der Waals surface area contributed by atoms with Crippen molar-refractivity contribution < 1.29 is 0 Å². The van der Waals surface area contributed by atoms with Crippen LogP contribution >= 0.6 is 11.6 Å². The fraction of sp³-hybridized carbons (Fsp3) is 0.600. The van der Waals surface area contributed by atoms with E-state index in [1.54, 1.807) is 6.07 Å². The first-order valence-corrected chi connectivity index (χ1v) is 5.48. The molecule has 1 heterocycles. The van der Waals surface area contributed by atoms with Crippen LogP contribution < -0.4 is 10.6 Å². The van der Waals surface area contributed by atoms with Gasteiger partial charge in [-0.3, -0.25) is 0 Å². The lowest BCUT2D eigenvalue weighted by Crippen LogP contribution is -2.31. The van der Waals surface area contributed by atoms with E-state index in [9.17, 15) is 0 Å². The fourth-order valence-corrected chi connectivity index (χ4v) is 1.89. The lowest BCUT2D eigenvalue weighted by molar-refractivity contribution is 0.604. The van der Waals surface area contributed by atoms with Crippen molar-refractivity contribution in [3.63, 3.8) is 0 Å². The molecule has 2 rings (SSSR count). The first kappa shape index (κ1) is 10.5. The Kier molecular flexibility index (Phi) is 2.69. The molecule has 0 radical (unpaired) electrons. The molecule has 1 aliphatic carbocycles. The Bertz CT molecular complexity index is 344. The maximum atomic E-state index is 5.84. The highest BCUT2D eigenvalue weighted by Crippen LogP contribution is 2.36. The second kappa shape index (κ2) is 3.85. The number of nitrogens with two attached hydrogens (primary N) is 1. The molecule has 0 bridgehead atoms. The highest BCUT2D eigenvalue weighted by Gasteiger charge is 2.31. The maximum absolute atomic E-state index is 5.84. The molecule has 1 aromatic rings. The van der Waals surface area contributed by atoms with Gasteiger partial charge in [0.15, 0.2) is 0 Å². The highest BCUT2D eigenvalue weighted by molar-refractivity contribution is 6.29. The summed E-state index contributed by atoms with van der Waals surface area (Å²) in [5, 5.41) is 0.396. The quantitative estimate of drug-likeness (QED) is 0.801. The van der Waals surface area contributed by atoms with Crippen molar-refractivity contribution in [2.45, 2.75) is 25.8 Å². The number of hydrogen-bond acceptors (Lipinski definition) is 4. The van der Waals surface area contributed by atoms with Gasteiger partial charge in [0.25, 0.3) is 0 Å². The summed E-state index contributed by atoms with van der Waals surface area (Å²) < 4.78 is 0. The molecule has 0 saturated heterocycles. The van der Waals surface area contributed by atoms with Crippen LogP contribution in [0, 0.1) is 5.92 Å². The molecule has 2 N–H and O–H groups in total. The van der Waals surface area contributed by atoms with Gasteiger partial charge in [-0.1, -0.05) is 11.6 Å². The summed E-state index contributed by atoms with van der Waals surface area (Å²) in [6, 6.07) is 2.23. The van der Waals surface area contributed by atoms with E-state index in [0.717, 1.165) is 11.7 Å². The van der Waals surface area contributed by atoms with E-state index in [0.29, 0.717) is 11.2 Å². The van der Waals surface area contributed by atoms with Crippen molar-refractivity contribution in [1.82, 2.24) is 9.97 Å². The van der Waals surface area contributed by atoms with Crippen LogP contribution in [0.4, 0.5) is 11.8 Å². The fourth-order valence-electron chi connectivity index (χ4n) is 1.71. The van der Waals surface area contributed by atoms with E-state index in [1.807, 2.05) is 7.05 Å². The third-order valence-corrected chi connectivity index (χ3v) is 3.17. The minimum absolute atomic E-state index is 0.229. The monoisotopic (exact) mass is 226 g/mol. The summed E-state index contributed by atoms with van der Waals surface area (Å²) in [6.07, 6.45) is 2.61. The number of nitrogen functional groups attached to an aromatic ring is 1. The van der Waals surface area contributed by atoms with Gasteiger partial charge in [-0.15, -0.1) is 0 Å². The van der Waals surface area contributed by atoms with Gasteiger partial charge < -0.3 is 10.6 Å². The van der Waals surface area contributed by atoms with Crippen molar-refractivity contribution in [3.05, 3.63) is 11.2 Å². The summed E-state index contributed by atoms with van der Waals surface area (Å²) in [5.74, 6) is 1.81. The molecule has 15 heavy (non-hydrogen) atoms. The average Bonchev–Trinajstić information content (AvgIpc) is 2.97. The molecule has 1 atom stereocenters. The van der Waals surface area contributed by atoms with E-state index in [1.165, 1.54) is 12.8 Å². The number of halogens is 1. The molecule has 0 spiro atoms. The second-order valence-electron chi connectivity index (χ2n) is 4.10. The highest BCUT2D eigenvalue weighted by atomic mass is 35.5. The lowest BCUT2D eigenvalue weighted by Gasteiger charge is -2.25. The third-order valence-electron chi connectivity index (χ3n) is 2.98. The largest absolute Gasteiger partial charge is 0.368 e. The number of aromatic nitrogens is 2. The molecule has 1 aromatic heterocycles. The van der Waals surface area contributed by atoms with Gasteiger partial charge in [-0.2, -0.15) is 4.98 Å². The first-order valence-electron chi connectivity index (χ1n) is 5.11. The molecular formula is C10H15ClN4. The number of rotatable bonds is 3. The van der Waals surface area contributed by atoms with Crippen LogP contribution in [0.25, 0.3) is 0 Å². The summed E-state index contributed by atoms with van der Waals surface area (Å²) in [7, 11) is 2.01. The molecule has 1 unspecified atom stereocenters. The van der Waals surface area contributed by atoms with Crippen molar-refractivity contribution >= 4 is 23.4 Å². The van der Waals surface area contributed by atoms with Crippen LogP contribution in [0.5, 0.6) is 0 Å². The molecule has 1 fully saturated rings. The normalized spacial score (nSPS) is 17.5. The summed E-state index contributed by atoms with van der Waals surface area (Å²) in [5.41, 5.74) is 5.56. The van der Waals surface area contributed by atoms with E-state index in [4.69, 9.17) is 17.3 Å². The van der Waals surface area contributed by atoms with E-state index < -0.39 is 0 Å². The lowest BCUT2D eigenvalue weighted by atomic mass is 10.2. The Morgan fingerprint density at radius 3 is 2.73 bits per heavy atom. The third kappa shape index (κ3) is 2.31. The van der Waals surface area contributed by atoms with Crippen LogP contribution in [0.3, 0.4) is 0 Å². The smallest absolute Gasteiger partial charge is 0.223 e. The summed E-state index contributed by atoms with van der Waals surface area (Å²) in [6.45, 7) is 2.20. The zero-order valence-electron chi connectivity index (χ0n) is 8.94. The minimum atomic E-state index is 0.229. The number of hydrogen-bond donors (Lipinski definition) is 1. The Balaban J connectivity index is 2.19. The predicted molar refractivity (Wildman–Crippen MR) is 62.0 cm³/mol. The zero-order chi connectivity index (χ0) is 11.0. The summed E-state index contributed by atoms with van der Waals surface area (Å²) in [4.78, 5) is 10.1. The molecule has 5 heteroatoms. The predicted octanol–water partition coefficient (Wildman–Crippen LogP) is 1.95. The Morgan fingerprint density at radius 1 is 1.53 bits per heavy atom. The van der Waals surface area contributed by atoms with Gasteiger partial charge in [0.1, 0.15) is 11.0 Å². The molecule has 82 valence electrons. The topological polar surface area (TPSA) is 55.0 Å². The molecule has 0 aliphatic heterocycles.